The number of ether oxygens (including phenoxy) is 4. The molecular formula is C49H56N8O8. The molecule has 0 unspecified atom stereocenters. The third kappa shape index (κ3) is 8.95. The highest BCUT2D eigenvalue weighted by atomic mass is 16.5. The van der Waals surface area contributed by atoms with Crippen LogP contribution in [0.4, 0.5) is 9.59 Å². The lowest BCUT2D eigenvalue weighted by atomic mass is 9.92. The Balaban J connectivity index is 1.04. The third-order valence-corrected chi connectivity index (χ3v) is 12.6. The quantitative estimate of drug-likeness (QED) is 0.0854. The number of hydrogen-bond acceptors (Lipinski definition) is 10. The van der Waals surface area contributed by atoms with Crippen LogP contribution >= 0.6 is 0 Å². The van der Waals surface area contributed by atoms with Crippen molar-refractivity contribution in [3.63, 3.8) is 0 Å². The van der Waals surface area contributed by atoms with Gasteiger partial charge in [0.25, 0.3) is 5.91 Å². The van der Waals surface area contributed by atoms with E-state index < -0.39 is 30.3 Å². The maximum Gasteiger partial charge on any atom is 0.407 e. The summed E-state index contributed by atoms with van der Waals surface area (Å²) in [5.41, 5.74) is 6.82. The van der Waals surface area contributed by atoms with Crippen LogP contribution in [0, 0.1) is 11.8 Å². The van der Waals surface area contributed by atoms with Crippen molar-refractivity contribution in [3.05, 3.63) is 102 Å². The number of benzene rings is 3. The summed E-state index contributed by atoms with van der Waals surface area (Å²) in [5.74, 6) is 1.52. The highest BCUT2D eigenvalue weighted by Crippen LogP contribution is 2.44. The molecular weight excluding hydrogens is 829 g/mol. The van der Waals surface area contributed by atoms with Gasteiger partial charge in [-0.1, -0.05) is 62.9 Å². The highest BCUT2D eigenvalue weighted by molar-refractivity contribution is 6.07. The number of likely N-dealkylation sites (tertiary alicyclic amines) is 2. The molecule has 5 heterocycles. The summed E-state index contributed by atoms with van der Waals surface area (Å²) >= 11 is 0. The zero-order valence-electron chi connectivity index (χ0n) is 37.6. The summed E-state index contributed by atoms with van der Waals surface area (Å²) in [6.45, 7) is 11.6. The first-order valence-electron chi connectivity index (χ1n) is 22.0. The maximum atomic E-state index is 14.3. The molecule has 4 amide bonds. The fourth-order valence-corrected chi connectivity index (χ4v) is 9.30. The van der Waals surface area contributed by atoms with Crippen molar-refractivity contribution in [3.8, 4) is 28.1 Å². The van der Waals surface area contributed by atoms with Crippen LogP contribution in [0.25, 0.3) is 44.2 Å². The fraction of sp³-hybridized carbons (Fsp3) is 0.388. The molecule has 5 aromatic rings. The van der Waals surface area contributed by atoms with Crippen molar-refractivity contribution in [1.82, 2.24) is 40.4 Å². The molecule has 0 bridgehead atoms. The number of allylic oxidation sites excluding steroid dienone is 3. The Morgan fingerprint density at radius 2 is 1.74 bits per heavy atom. The van der Waals surface area contributed by atoms with Crippen molar-refractivity contribution >= 4 is 45.8 Å². The van der Waals surface area contributed by atoms with Crippen LogP contribution in [0.1, 0.15) is 69.3 Å². The fourth-order valence-electron chi connectivity index (χ4n) is 9.30. The second-order valence-corrected chi connectivity index (χ2v) is 17.1. The minimum Gasteiger partial charge on any atom is -0.488 e. The minimum absolute atomic E-state index is 0.0468. The molecule has 0 spiro atoms. The van der Waals surface area contributed by atoms with E-state index >= 15 is 0 Å². The Kier molecular flexibility index (Phi) is 13.1. The number of aromatic amines is 2. The number of hydrogen-bond donors (Lipinski definition) is 4. The lowest BCUT2D eigenvalue weighted by Gasteiger charge is -2.29. The van der Waals surface area contributed by atoms with E-state index in [9.17, 15) is 19.2 Å². The molecule has 4 N–H and O–H groups in total. The smallest absolute Gasteiger partial charge is 0.407 e. The summed E-state index contributed by atoms with van der Waals surface area (Å²) in [5, 5.41) is 7.32. The third-order valence-electron chi connectivity index (χ3n) is 12.6. The van der Waals surface area contributed by atoms with Gasteiger partial charge < -0.3 is 49.3 Å². The molecule has 65 heavy (non-hydrogen) atoms. The van der Waals surface area contributed by atoms with Gasteiger partial charge in [0.2, 0.25) is 5.91 Å². The van der Waals surface area contributed by atoms with E-state index in [0.29, 0.717) is 49.9 Å². The number of amides is 4. The zero-order chi connectivity index (χ0) is 45.9. The Morgan fingerprint density at radius 3 is 2.49 bits per heavy atom. The van der Waals surface area contributed by atoms with Crippen LogP contribution in [-0.2, 0) is 30.4 Å². The van der Waals surface area contributed by atoms with Crippen LogP contribution in [0.15, 0.2) is 85.1 Å². The molecule has 16 nitrogen and oxygen atoms in total. The van der Waals surface area contributed by atoms with Gasteiger partial charge in [0, 0.05) is 37.1 Å². The Bertz CT molecular complexity index is 2700. The van der Waals surface area contributed by atoms with Crippen molar-refractivity contribution in [1.29, 1.82) is 0 Å². The summed E-state index contributed by atoms with van der Waals surface area (Å²) in [6.07, 6.45) is 9.73. The molecule has 3 aliphatic heterocycles. The van der Waals surface area contributed by atoms with Gasteiger partial charge in [0.15, 0.2) is 0 Å². The first kappa shape index (κ1) is 44.7. The number of carbonyl (C=O) groups excluding carboxylic acids is 4. The molecule has 0 radical (unpaired) electrons. The summed E-state index contributed by atoms with van der Waals surface area (Å²) in [4.78, 5) is 73.0. The van der Waals surface area contributed by atoms with Crippen molar-refractivity contribution in [2.45, 2.75) is 70.8 Å². The van der Waals surface area contributed by atoms with Gasteiger partial charge in [-0.2, -0.15) is 0 Å². The molecule has 2 aromatic heterocycles. The van der Waals surface area contributed by atoms with E-state index in [1.807, 2.05) is 50.0 Å². The first-order chi connectivity index (χ1) is 31.4. The number of nitrogens with zero attached hydrogens (tertiary/aromatic N) is 4. The molecule has 0 saturated carbocycles. The molecule has 3 aliphatic rings. The Hall–Kier alpha value is -6.94. The van der Waals surface area contributed by atoms with Crippen molar-refractivity contribution in [2.24, 2.45) is 11.8 Å². The molecule has 2 saturated heterocycles. The lowest BCUT2D eigenvalue weighted by molar-refractivity contribution is -0.135. The van der Waals surface area contributed by atoms with E-state index in [1.54, 1.807) is 30.4 Å². The van der Waals surface area contributed by atoms with Gasteiger partial charge in [0.05, 0.1) is 55.8 Å². The van der Waals surface area contributed by atoms with Gasteiger partial charge in [-0.15, -0.1) is 0 Å². The lowest BCUT2D eigenvalue weighted by Crippen LogP contribution is -2.51. The van der Waals surface area contributed by atoms with Crippen LogP contribution in [0.3, 0.4) is 0 Å². The van der Waals surface area contributed by atoms with Crippen molar-refractivity contribution < 1.29 is 38.1 Å². The molecule has 2 fully saturated rings. The maximum absolute atomic E-state index is 14.3. The SMILES string of the molecule is C=C(/C=C\C=C/C)[C@@H](NC(=O)OC)C(=O)N1C[C@@H](COC)C[C@H]1c1ncc(-c2ccc3c(c2)COc2cc4c(ccc5[nH]c([C@@H]6CCCN6C(=O)[C@@H](NC(=O)OC)C(C)C)nc54)cc2-3)[nH]1. The highest BCUT2D eigenvalue weighted by Gasteiger charge is 2.42. The average molecular weight is 885 g/mol. The van der Waals surface area contributed by atoms with E-state index in [4.69, 9.17) is 28.9 Å². The number of alkyl carbamates (subject to hydrolysis) is 2. The van der Waals surface area contributed by atoms with Crippen LogP contribution < -0.4 is 15.4 Å². The minimum atomic E-state index is -1.05. The number of nitrogens with one attached hydrogen (secondary N) is 4. The largest absolute Gasteiger partial charge is 0.488 e. The number of carbonyl (C=O) groups is 4. The van der Waals surface area contributed by atoms with Gasteiger partial charge in [-0.3, -0.25) is 9.59 Å². The number of fused-ring (bicyclic) bond motifs is 6. The Morgan fingerprint density at radius 1 is 0.938 bits per heavy atom. The molecule has 8 rings (SSSR count). The van der Waals surface area contributed by atoms with E-state index in [1.165, 1.54) is 14.2 Å². The predicted octanol–water partition coefficient (Wildman–Crippen LogP) is 7.66. The number of rotatable bonds is 13. The second kappa shape index (κ2) is 19.0. The van der Waals surface area contributed by atoms with Gasteiger partial charge in [-0.05, 0) is 84.0 Å². The van der Waals surface area contributed by atoms with Crippen LogP contribution in [0.2, 0.25) is 0 Å². The Labute approximate surface area is 377 Å². The summed E-state index contributed by atoms with van der Waals surface area (Å²) in [6, 6.07) is 12.1. The zero-order valence-corrected chi connectivity index (χ0v) is 37.6. The molecule has 5 atom stereocenters. The second-order valence-electron chi connectivity index (χ2n) is 17.1. The van der Waals surface area contributed by atoms with Gasteiger partial charge >= 0.3 is 12.2 Å². The number of H-pyrrole nitrogens is 2. The standard InChI is InChI=1S/C49H56N8O8/c1-8-9-10-12-28(4)42(55-49(61)64-7)47(59)57-24-29(25-62-5)19-39(57)44-50-23-37(52-44)31-14-16-33-32(20-31)26-65-40-22-34-30(21-35(33)40)15-17-36-43(34)53-45(51-36)38-13-11-18-56(38)46(58)41(27(2)3)54-48(60)63-6/h8-10,12,14-17,20-23,27,29,38-39,41-42H,4,11,13,18-19,24-26H2,1-3,5-7H3,(H,50,52)(H,51,53)(H,54,60)(H,55,61)/b9-8-,12-10-/t29-,38-,39-,41-,42+/m0/s1. The van der Waals surface area contributed by atoms with Crippen LogP contribution in [0.5, 0.6) is 5.75 Å². The van der Waals surface area contributed by atoms with Crippen molar-refractivity contribution in [2.75, 3.05) is 41.0 Å². The van der Waals surface area contributed by atoms with E-state index in [0.717, 1.165) is 68.3 Å². The van der Waals surface area contributed by atoms with E-state index in [2.05, 4.69) is 57.5 Å². The van der Waals surface area contributed by atoms with Gasteiger partial charge in [-0.25, -0.2) is 19.6 Å². The van der Waals surface area contributed by atoms with Gasteiger partial charge in [0.1, 0.15) is 36.1 Å². The molecule has 3 aromatic carbocycles. The van der Waals surface area contributed by atoms with Crippen LogP contribution in [-0.4, -0.2) is 107 Å². The first-order valence-corrected chi connectivity index (χ1v) is 22.0. The summed E-state index contributed by atoms with van der Waals surface area (Å²) in [7, 11) is 4.18. The predicted molar refractivity (Wildman–Crippen MR) is 246 cm³/mol. The number of aromatic nitrogens is 4. The molecule has 0 aliphatic carbocycles. The molecule has 340 valence electrons. The number of imidazole rings is 2. The topological polar surface area (TPSA) is 193 Å². The monoisotopic (exact) mass is 884 g/mol. The molecule has 16 heteroatoms. The number of methoxy groups -OCH3 is 3. The van der Waals surface area contributed by atoms with E-state index in [-0.39, 0.29) is 29.7 Å². The normalized spacial score (nSPS) is 19.1. The summed E-state index contributed by atoms with van der Waals surface area (Å²) < 4.78 is 21.6. The average Bonchev–Trinajstić information content (AvgIpc) is 4.15.